The number of aryl methyl sites for hydroxylation is 1. The van der Waals surface area contributed by atoms with Crippen LogP contribution in [0, 0.1) is 5.41 Å². The lowest BCUT2D eigenvalue weighted by Crippen LogP contribution is -2.46. The topological polar surface area (TPSA) is 34.0 Å². The van der Waals surface area contributed by atoms with Gasteiger partial charge in [0.25, 0.3) is 5.91 Å². The van der Waals surface area contributed by atoms with Crippen LogP contribution in [0.15, 0.2) is 18.3 Å². The maximum atomic E-state index is 12.1. The molecule has 0 aliphatic rings. The number of hydrogen-bond acceptors (Lipinski definition) is 1. The van der Waals surface area contributed by atoms with Crippen LogP contribution in [0.4, 0.5) is 0 Å². The van der Waals surface area contributed by atoms with Crippen LogP contribution in [-0.2, 0) is 7.05 Å². The van der Waals surface area contributed by atoms with E-state index in [9.17, 15) is 4.79 Å². The fourth-order valence-corrected chi connectivity index (χ4v) is 2.44. The van der Waals surface area contributed by atoms with E-state index in [2.05, 4.69) is 39.9 Å². The molecule has 1 amide bonds. The molecule has 0 aliphatic carbocycles. The van der Waals surface area contributed by atoms with Crippen LogP contribution in [0.25, 0.3) is 0 Å². The van der Waals surface area contributed by atoms with Crippen molar-refractivity contribution in [1.82, 2.24) is 9.88 Å². The SMILES string of the molecule is Cn1cccc1C(=O)NC(C)(C)CC(C)(C)C. The Balaban J connectivity index is 2.72. The first-order valence-corrected chi connectivity index (χ1v) is 6.05. The van der Waals surface area contributed by atoms with Gasteiger partial charge in [-0.25, -0.2) is 0 Å². The van der Waals surface area contributed by atoms with Crippen LogP contribution in [0.3, 0.4) is 0 Å². The van der Waals surface area contributed by atoms with Crippen LogP contribution >= 0.6 is 0 Å². The van der Waals surface area contributed by atoms with Crippen molar-refractivity contribution in [3.8, 4) is 0 Å². The van der Waals surface area contributed by atoms with Crippen LogP contribution in [0.5, 0.6) is 0 Å². The first kappa shape index (κ1) is 13.8. The van der Waals surface area contributed by atoms with Gasteiger partial charge in [-0.1, -0.05) is 20.8 Å². The fourth-order valence-electron chi connectivity index (χ4n) is 2.44. The highest BCUT2D eigenvalue weighted by molar-refractivity contribution is 5.93. The first-order valence-electron chi connectivity index (χ1n) is 6.05. The highest BCUT2D eigenvalue weighted by Gasteiger charge is 2.27. The van der Waals surface area contributed by atoms with Gasteiger partial charge in [0, 0.05) is 18.8 Å². The van der Waals surface area contributed by atoms with Gasteiger partial charge in [0.1, 0.15) is 5.69 Å². The van der Waals surface area contributed by atoms with E-state index in [1.165, 1.54) is 0 Å². The minimum atomic E-state index is -0.195. The number of amides is 1. The minimum absolute atomic E-state index is 0.00764. The average molecular weight is 236 g/mol. The molecule has 1 aromatic heterocycles. The standard InChI is InChI=1S/C14H24N2O/c1-13(2,3)10-14(4,5)15-12(17)11-8-7-9-16(11)6/h7-9H,10H2,1-6H3,(H,15,17). The molecule has 0 fully saturated rings. The highest BCUT2D eigenvalue weighted by atomic mass is 16.2. The zero-order valence-electron chi connectivity index (χ0n) is 11.8. The van der Waals surface area contributed by atoms with Crippen molar-refractivity contribution >= 4 is 5.91 Å². The molecule has 0 aromatic carbocycles. The maximum absolute atomic E-state index is 12.1. The van der Waals surface area contributed by atoms with Gasteiger partial charge in [0.05, 0.1) is 0 Å². The molecule has 17 heavy (non-hydrogen) atoms. The molecule has 1 rings (SSSR count). The number of carbonyl (C=O) groups is 1. The summed E-state index contributed by atoms with van der Waals surface area (Å²) in [5, 5.41) is 3.10. The van der Waals surface area contributed by atoms with Crippen molar-refractivity contribution in [2.24, 2.45) is 12.5 Å². The summed E-state index contributed by atoms with van der Waals surface area (Å²) < 4.78 is 1.84. The van der Waals surface area contributed by atoms with Gasteiger partial charge >= 0.3 is 0 Å². The zero-order chi connectivity index (χ0) is 13.3. The lowest BCUT2D eigenvalue weighted by Gasteiger charge is -2.33. The lowest BCUT2D eigenvalue weighted by molar-refractivity contribution is 0.0883. The molecule has 0 aliphatic heterocycles. The molecular weight excluding hydrogens is 212 g/mol. The third kappa shape index (κ3) is 4.25. The molecule has 1 aromatic rings. The Hall–Kier alpha value is -1.25. The van der Waals surface area contributed by atoms with Gasteiger partial charge in [0.15, 0.2) is 0 Å². The number of hydrogen-bond donors (Lipinski definition) is 1. The summed E-state index contributed by atoms with van der Waals surface area (Å²) in [6.45, 7) is 10.7. The summed E-state index contributed by atoms with van der Waals surface area (Å²) in [5.74, 6) is -0.00764. The Morgan fingerprint density at radius 2 is 1.88 bits per heavy atom. The predicted octanol–water partition coefficient (Wildman–Crippen LogP) is 2.97. The molecule has 0 saturated carbocycles. The predicted molar refractivity (Wildman–Crippen MR) is 71.0 cm³/mol. The van der Waals surface area contributed by atoms with E-state index in [1.54, 1.807) is 0 Å². The van der Waals surface area contributed by atoms with Crippen LogP contribution < -0.4 is 5.32 Å². The second-order valence-corrected chi connectivity index (χ2v) is 6.58. The van der Waals surface area contributed by atoms with E-state index < -0.39 is 0 Å². The molecule has 0 radical (unpaired) electrons. The number of nitrogens with zero attached hydrogens (tertiary/aromatic N) is 1. The number of rotatable bonds is 3. The van der Waals surface area contributed by atoms with Crippen molar-refractivity contribution in [1.29, 1.82) is 0 Å². The molecule has 0 saturated heterocycles. The zero-order valence-corrected chi connectivity index (χ0v) is 11.8. The van der Waals surface area contributed by atoms with Crippen molar-refractivity contribution in [3.05, 3.63) is 24.0 Å². The number of nitrogens with one attached hydrogen (secondary N) is 1. The van der Waals surface area contributed by atoms with E-state index in [4.69, 9.17) is 0 Å². The number of carbonyl (C=O) groups excluding carboxylic acids is 1. The maximum Gasteiger partial charge on any atom is 0.268 e. The molecule has 3 heteroatoms. The van der Waals surface area contributed by atoms with E-state index in [0.29, 0.717) is 5.69 Å². The molecule has 0 bridgehead atoms. The molecule has 1 N–H and O–H groups in total. The van der Waals surface area contributed by atoms with E-state index in [1.807, 2.05) is 29.9 Å². The summed E-state index contributed by atoms with van der Waals surface area (Å²) in [6, 6.07) is 3.72. The monoisotopic (exact) mass is 236 g/mol. The molecular formula is C14H24N2O. The summed E-state index contributed by atoms with van der Waals surface area (Å²) in [5.41, 5.74) is 0.705. The Labute approximate surface area is 104 Å². The van der Waals surface area contributed by atoms with Gasteiger partial charge in [-0.05, 0) is 37.8 Å². The Morgan fingerprint density at radius 3 is 2.29 bits per heavy atom. The van der Waals surface area contributed by atoms with Gasteiger partial charge in [0.2, 0.25) is 0 Å². The van der Waals surface area contributed by atoms with Gasteiger partial charge < -0.3 is 9.88 Å². The second kappa shape index (κ2) is 4.55. The molecule has 0 unspecified atom stereocenters. The Morgan fingerprint density at radius 1 is 1.29 bits per heavy atom. The summed E-state index contributed by atoms with van der Waals surface area (Å²) in [4.78, 5) is 12.1. The fraction of sp³-hybridized carbons (Fsp3) is 0.643. The summed E-state index contributed by atoms with van der Waals surface area (Å²) in [6.07, 6.45) is 2.82. The van der Waals surface area contributed by atoms with E-state index in [0.717, 1.165) is 6.42 Å². The second-order valence-electron chi connectivity index (χ2n) is 6.58. The van der Waals surface area contributed by atoms with Crippen molar-refractivity contribution in [3.63, 3.8) is 0 Å². The van der Waals surface area contributed by atoms with Gasteiger partial charge in [-0.3, -0.25) is 4.79 Å². The third-order valence-electron chi connectivity index (χ3n) is 2.60. The first-order chi connectivity index (χ1) is 7.61. The van der Waals surface area contributed by atoms with Crippen molar-refractivity contribution in [2.45, 2.75) is 46.6 Å². The van der Waals surface area contributed by atoms with Crippen LogP contribution in [-0.4, -0.2) is 16.0 Å². The smallest absolute Gasteiger partial charge is 0.268 e. The van der Waals surface area contributed by atoms with E-state index >= 15 is 0 Å². The van der Waals surface area contributed by atoms with Gasteiger partial charge in [-0.15, -0.1) is 0 Å². The quantitative estimate of drug-likeness (QED) is 0.860. The van der Waals surface area contributed by atoms with Crippen LogP contribution in [0.2, 0.25) is 0 Å². The largest absolute Gasteiger partial charge is 0.347 e. The Bertz CT molecular complexity index is 397. The molecule has 0 spiro atoms. The van der Waals surface area contributed by atoms with Crippen molar-refractivity contribution < 1.29 is 4.79 Å². The molecule has 1 heterocycles. The minimum Gasteiger partial charge on any atom is -0.347 e. The summed E-state index contributed by atoms with van der Waals surface area (Å²) in [7, 11) is 1.88. The van der Waals surface area contributed by atoms with E-state index in [-0.39, 0.29) is 16.9 Å². The Kier molecular flexibility index (Phi) is 3.70. The molecule has 3 nitrogen and oxygen atoms in total. The average Bonchev–Trinajstić information content (AvgIpc) is 2.44. The normalized spacial score (nSPS) is 12.6. The number of aromatic nitrogens is 1. The van der Waals surface area contributed by atoms with Gasteiger partial charge in [-0.2, -0.15) is 0 Å². The highest BCUT2D eigenvalue weighted by Crippen LogP contribution is 2.26. The van der Waals surface area contributed by atoms with Crippen LogP contribution in [0.1, 0.15) is 51.5 Å². The third-order valence-corrected chi connectivity index (χ3v) is 2.60. The lowest BCUT2D eigenvalue weighted by atomic mass is 9.82. The molecule has 96 valence electrons. The summed E-state index contributed by atoms with van der Waals surface area (Å²) >= 11 is 0. The van der Waals surface area contributed by atoms with Crippen molar-refractivity contribution in [2.75, 3.05) is 0 Å². The molecule has 0 atom stereocenters.